The Balaban J connectivity index is 0.00000320. The molecule has 0 unspecified atom stereocenters. The van der Waals surface area contributed by atoms with Gasteiger partial charge in [0, 0.05) is 47.3 Å². The number of amides is 1. The normalized spacial score (nSPS) is 14.0. The van der Waals surface area contributed by atoms with Crippen molar-refractivity contribution in [3.05, 3.63) is 68.4 Å². The number of nitrogens with one attached hydrogen (secondary N) is 1. The van der Waals surface area contributed by atoms with Gasteiger partial charge in [0.25, 0.3) is 5.91 Å². The first-order valence-electron chi connectivity index (χ1n) is 9.63. The van der Waals surface area contributed by atoms with E-state index in [1.807, 2.05) is 25.1 Å². The summed E-state index contributed by atoms with van der Waals surface area (Å²) in [7, 11) is 0. The topological polar surface area (TPSA) is 59.4 Å². The zero-order valence-electron chi connectivity index (χ0n) is 17.4. The van der Waals surface area contributed by atoms with Crippen LogP contribution in [0.25, 0.3) is 0 Å². The molecule has 30 heavy (non-hydrogen) atoms. The third-order valence-electron chi connectivity index (χ3n) is 5.34. The van der Waals surface area contributed by atoms with E-state index in [1.54, 1.807) is 6.20 Å². The lowest BCUT2D eigenvalue weighted by Gasteiger charge is -2.36. The SMILES string of the molecule is Cc1cc(I)ccc1NC(=O)/C(C#N)=C\N1CCN(c2cccc(C)c2C)CC1.Cl. The summed E-state index contributed by atoms with van der Waals surface area (Å²) >= 11 is 2.24. The largest absolute Gasteiger partial charge is 0.373 e. The number of nitriles is 1. The van der Waals surface area contributed by atoms with E-state index in [-0.39, 0.29) is 23.9 Å². The van der Waals surface area contributed by atoms with Crippen LogP contribution in [0.1, 0.15) is 16.7 Å². The highest BCUT2D eigenvalue weighted by atomic mass is 127. The molecule has 0 spiro atoms. The van der Waals surface area contributed by atoms with Gasteiger partial charge in [-0.1, -0.05) is 12.1 Å². The van der Waals surface area contributed by atoms with Gasteiger partial charge in [-0.25, -0.2) is 0 Å². The van der Waals surface area contributed by atoms with E-state index in [2.05, 4.69) is 75.8 Å². The first-order valence-corrected chi connectivity index (χ1v) is 10.7. The number of rotatable bonds is 4. The number of aryl methyl sites for hydroxylation is 2. The van der Waals surface area contributed by atoms with Gasteiger partial charge in [-0.2, -0.15) is 5.26 Å². The number of benzene rings is 2. The van der Waals surface area contributed by atoms with Crippen molar-refractivity contribution in [2.75, 3.05) is 36.4 Å². The van der Waals surface area contributed by atoms with E-state index in [4.69, 9.17) is 0 Å². The van der Waals surface area contributed by atoms with Crippen molar-refractivity contribution in [3.63, 3.8) is 0 Å². The molecule has 0 radical (unpaired) electrons. The van der Waals surface area contributed by atoms with Crippen LogP contribution < -0.4 is 10.2 Å². The maximum Gasteiger partial charge on any atom is 0.267 e. The summed E-state index contributed by atoms with van der Waals surface area (Å²) < 4.78 is 1.11. The van der Waals surface area contributed by atoms with Gasteiger partial charge in [-0.05, 0) is 84.3 Å². The van der Waals surface area contributed by atoms with Crippen molar-refractivity contribution < 1.29 is 4.79 Å². The molecule has 7 heteroatoms. The van der Waals surface area contributed by atoms with Crippen LogP contribution in [0.4, 0.5) is 11.4 Å². The third kappa shape index (κ3) is 5.67. The quantitative estimate of drug-likeness (QED) is 0.346. The number of carbonyl (C=O) groups excluding carboxylic acids is 1. The molecular formula is C23H26ClIN4O. The lowest BCUT2D eigenvalue weighted by Crippen LogP contribution is -2.44. The lowest BCUT2D eigenvalue weighted by atomic mass is 10.1. The number of anilines is 2. The Hall–Kier alpha value is -2.24. The van der Waals surface area contributed by atoms with Crippen LogP contribution in [0.5, 0.6) is 0 Å². The molecule has 2 aromatic carbocycles. The van der Waals surface area contributed by atoms with Crippen LogP contribution in [-0.4, -0.2) is 37.0 Å². The Bertz CT molecular complexity index is 991. The molecule has 158 valence electrons. The maximum absolute atomic E-state index is 12.6. The summed E-state index contributed by atoms with van der Waals surface area (Å²) in [5, 5.41) is 12.4. The number of hydrogen-bond acceptors (Lipinski definition) is 4. The number of hydrogen-bond donors (Lipinski definition) is 1. The van der Waals surface area contributed by atoms with E-state index < -0.39 is 0 Å². The van der Waals surface area contributed by atoms with Crippen molar-refractivity contribution >= 4 is 52.3 Å². The number of carbonyl (C=O) groups is 1. The summed E-state index contributed by atoms with van der Waals surface area (Å²) in [6, 6.07) is 14.2. The van der Waals surface area contributed by atoms with Gasteiger partial charge in [0.05, 0.1) is 0 Å². The van der Waals surface area contributed by atoms with Crippen LogP contribution in [0.2, 0.25) is 0 Å². The molecule has 0 aromatic heterocycles. The second kappa shape index (κ2) is 10.7. The zero-order chi connectivity index (χ0) is 21.0. The molecule has 1 saturated heterocycles. The average molecular weight is 537 g/mol. The van der Waals surface area contributed by atoms with Gasteiger partial charge in [0.1, 0.15) is 11.6 Å². The molecular weight excluding hydrogens is 511 g/mol. The molecule has 1 aliphatic rings. The highest BCUT2D eigenvalue weighted by Gasteiger charge is 2.19. The number of piperazine rings is 1. The molecule has 1 heterocycles. The van der Waals surface area contributed by atoms with E-state index in [0.717, 1.165) is 41.0 Å². The molecule has 2 aromatic rings. The van der Waals surface area contributed by atoms with Gasteiger partial charge >= 0.3 is 0 Å². The minimum atomic E-state index is -0.367. The Morgan fingerprint density at radius 1 is 1.10 bits per heavy atom. The molecule has 0 aliphatic carbocycles. The third-order valence-corrected chi connectivity index (χ3v) is 6.02. The predicted molar refractivity (Wildman–Crippen MR) is 133 cm³/mol. The summed E-state index contributed by atoms with van der Waals surface area (Å²) in [6.07, 6.45) is 1.69. The average Bonchev–Trinajstić information content (AvgIpc) is 2.71. The zero-order valence-corrected chi connectivity index (χ0v) is 20.4. The second-order valence-corrected chi connectivity index (χ2v) is 8.56. The molecule has 3 rings (SSSR count). The minimum Gasteiger partial charge on any atom is -0.373 e. The van der Waals surface area contributed by atoms with Crippen LogP contribution >= 0.6 is 35.0 Å². The maximum atomic E-state index is 12.6. The molecule has 5 nitrogen and oxygen atoms in total. The number of nitrogens with zero attached hydrogens (tertiary/aromatic N) is 3. The summed E-state index contributed by atoms with van der Waals surface area (Å²) in [5.41, 5.74) is 5.70. The highest BCUT2D eigenvalue weighted by molar-refractivity contribution is 14.1. The van der Waals surface area contributed by atoms with Crippen LogP contribution in [0, 0.1) is 35.7 Å². The van der Waals surface area contributed by atoms with Crippen molar-refractivity contribution in [2.24, 2.45) is 0 Å². The van der Waals surface area contributed by atoms with Crippen molar-refractivity contribution in [1.82, 2.24) is 4.90 Å². The van der Waals surface area contributed by atoms with Crippen molar-refractivity contribution in [3.8, 4) is 6.07 Å². The Labute approximate surface area is 198 Å². The predicted octanol–water partition coefficient (Wildman–Crippen LogP) is 4.81. The van der Waals surface area contributed by atoms with E-state index in [0.29, 0.717) is 0 Å². The summed E-state index contributed by atoms with van der Waals surface area (Å²) in [5.74, 6) is -0.367. The fraction of sp³-hybridized carbons (Fsp3) is 0.304. The smallest absolute Gasteiger partial charge is 0.267 e. The fourth-order valence-corrected chi connectivity index (χ4v) is 4.09. The molecule has 0 bridgehead atoms. The first-order chi connectivity index (χ1) is 13.9. The fourth-order valence-electron chi connectivity index (χ4n) is 3.45. The standard InChI is InChI=1S/C23H25IN4O.ClH/c1-16-5-4-6-22(18(16)3)28-11-9-27(10-12-28)15-19(14-25)23(29)26-21-8-7-20(24)13-17(21)2;/h4-8,13,15H,9-12H2,1-3H3,(H,26,29);1H/b19-15-;. The second-order valence-electron chi connectivity index (χ2n) is 7.31. The monoisotopic (exact) mass is 536 g/mol. The number of halogens is 2. The highest BCUT2D eigenvalue weighted by Crippen LogP contribution is 2.24. The molecule has 1 amide bonds. The van der Waals surface area contributed by atoms with Crippen molar-refractivity contribution in [1.29, 1.82) is 5.26 Å². The Kier molecular flexibility index (Phi) is 8.56. The van der Waals surface area contributed by atoms with Gasteiger partial charge in [-0.15, -0.1) is 12.4 Å². The van der Waals surface area contributed by atoms with Crippen molar-refractivity contribution in [2.45, 2.75) is 20.8 Å². The Morgan fingerprint density at radius 2 is 1.80 bits per heavy atom. The first kappa shape index (κ1) is 24.0. The molecule has 1 aliphatic heterocycles. The Morgan fingerprint density at radius 3 is 2.43 bits per heavy atom. The van der Waals surface area contributed by atoms with E-state index in [1.165, 1.54) is 16.8 Å². The molecule has 1 fully saturated rings. The van der Waals surface area contributed by atoms with E-state index >= 15 is 0 Å². The lowest BCUT2D eigenvalue weighted by molar-refractivity contribution is -0.112. The summed E-state index contributed by atoms with van der Waals surface area (Å²) in [6.45, 7) is 9.49. The summed E-state index contributed by atoms with van der Waals surface area (Å²) in [4.78, 5) is 17.0. The van der Waals surface area contributed by atoms with Gasteiger partial charge in [0.15, 0.2) is 0 Å². The van der Waals surface area contributed by atoms with Crippen LogP contribution in [-0.2, 0) is 4.79 Å². The van der Waals surface area contributed by atoms with Gasteiger partial charge in [0.2, 0.25) is 0 Å². The van der Waals surface area contributed by atoms with Crippen LogP contribution in [0.3, 0.4) is 0 Å². The molecule has 1 N–H and O–H groups in total. The minimum absolute atomic E-state index is 0. The van der Waals surface area contributed by atoms with Gasteiger partial charge < -0.3 is 15.1 Å². The van der Waals surface area contributed by atoms with E-state index in [9.17, 15) is 10.1 Å². The molecule has 0 saturated carbocycles. The molecule has 0 atom stereocenters. The van der Waals surface area contributed by atoms with Crippen LogP contribution in [0.15, 0.2) is 48.2 Å². The van der Waals surface area contributed by atoms with Gasteiger partial charge in [-0.3, -0.25) is 4.79 Å².